The zero-order valence-electron chi connectivity index (χ0n) is 15.3. The Morgan fingerprint density at radius 3 is 1.83 bits per heavy atom. The maximum atomic E-state index is 11.9. The molecule has 0 heterocycles. The Balaban J connectivity index is 1.99. The molecular formula is C22H19Cl2NO4. The first-order chi connectivity index (χ1) is 13.8. The lowest BCUT2D eigenvalue weighted by Gasteiger charge is -2.27. The van der Waals surface area contributed by atoms with Crippen molar-refractivity contribution in [2.24, 2.45) is 0 Å². The molecule has 0 radical (unpaired) electrons. The van der Waals surface area contributed by atoms with Crippen LogP contribution in [0.25, 0.3) is 0 Å². The Kier molecular flexibility index (Phi) is 6.52. The monoisotopic (exact) mass is 431 g/mol. The van der Waals surface area contributed by atoms with Gasteiger partial charge in [0.25, 0.3) is 0 Å². The molecule has 0 aliphatic heterocycles. The standard InChI is InChI=1S/C22H19Cl2NO4/c23-18-10-15(6-8-20(18)26)17(16-7-9-21(27)19(24)11-16)13-25(22(28)29)12-14-4-2-1-3-5-14/h1-11,17,26-27H,12-13H2,(H,28,29). The molecule has 7 heteroatoms. The van der Waals surface area contributed by atoms with Gasteiger partial charge in [0.1, 0.15) is 11.5 Å². The lowest BCUT2D eigenvalue weighted by Crippen LogP contribution is -2.33. The van der Waals surface area contributed by atoms with Crippen LogP contribution in [0.3, 0.4) is 0 Å². The molecule has 0 aromatic heterocycles. The lowest BCUT2D eigenvalue weighted by atomic mass is 9.90. The van der Waals surface area contributed by atoms with E-state index in [0.29, 0.717) is 11.1 Å². The highest BCUT2D eigenvalue weighted by Crippen LogP contribution is 2.35. The first kappa shape index (κ1) is 20.8. The van der Waals surface area contributed by atoms with Crippen molar-refractivity contribution >= 4 is 29.3 Å². The number of aromatic hydroxyl groups is 2. The quantitative estimate of drug-likeness (QED) is 0.466. The van der Waals surface area contributed by atoms with E-state index in [2.05, 4.69) is 0 Å². The Morgan fingerprint density at radius 2 is 1.38 bits per heavy atom. The molecule has 0 spiro atoms. The molecule has 3 N–H and O–H groups in total. The minimum atomic E-state index is -1.06. The first-order valence-corrected chi connectivity index (χ1v) is 9.59. The Hall–Kier alpha value is -2.89. The summed E-state index contributed by atoms with van der Waals surface area (Å²) in [6.45, 7) is 0.344. The molecule has 0 aliphatic carbocycles. The van der Waals surface area contributed by atoms with Crippen LogP contribution >= 0.6 is 23.2 Å². The van der Waals surface area contributed by atoms with Crippen molar-refractivity contribution in [3.8, 4) is 11.5 Å². The van der Waals surface area contributed by atoms with Crippen LogP contribution in [0.4, 0.5) is 4.79 Å². The second kappa shape index (κ2) is 9.07. The smallest absolute Gasteiger partial charge is 0.407 e. The highest BCUT2D eigenvalue weighted by atomic mass is 35.5. The number of carbonyl (C=O) groups is 1. The molecule has 0 saturated heterocycles. The third-order valence-electron chi connectivity index (χ3n) is 4.64. The molecule has 150 valence electrons. The van der Waals surface area contributed by atoms with Crippen molar-refractivity contribution in [3.63, 3.8) is 0 Å². The average Bonchev–Trinajstić information content (AvgIpc) is 2.70. The van der Waals surface area contributed by atoms with Crippen molar-refractivity contribution < 1.29 is 20.1 Å². The normalized spacial score (nSPS) is 10.9. The number of carboxylic acid groups (broad SMARTS) is 1. The van der Waals surface area contributed by atoms with Gasteiger partial charge in [-0.15, -0.1) is 0 Å². The number of hydrogen-bond acceptors (Lipinski definition) is 3. The summed E-state index contributed by atoms with van der Waals surface area (Å²) >= 11 is 12.2. The molecule has 0 aliphatic rings. The maximum absolute atomic E-state index is 11.9. The molecule has 0 atom stereocenters. The van der Waals surface area contributed by atoms with Gasteiger partial charge in [-0.3, -0.25) is 0 Å². The van der Waals surface area contributed by atoms with Crippen LogP contribution in [0.2, 0.25) is 10.0 Å². The Morgan fingerprint density at radius 1 is 0.862 bits per heavy atom. The number of halogens is 2. The Labute approximate surface area is 178 Å². The topological polar surface area (TPSA) is 81.0 Å². The fourth-order valence-electron chi connectivity index (χ4n) is 3.12. The summed E-state index contributed by atoms with van der Waals surface area (Å²) in [5, 5.41) is 29.6. The number of rotatable bonds is 6. The predicted molar refractivity (Wildman–Crippen MR) is 113 cm³/mol. The Bertz CT molecular complexity index is 959. The van der Waals surface area contributed by atoms with Crippen molar-refractivity contribution in [1.82, 2.24) is 4.90 Å². The van der Waals surface area contributed by atoms with Gasteiger partial charge < -0.3 is 20.2 Å². The van der Waals surface area contributed by atoms with Crippen LogP contribution in [0.1, 0.15) is 22.6 Å². The van der Waals surface area contributed by atoms with Crippen molar-refractivity contribution in [2.45, 2.75) is 12.5 Å². The van der Waals surface area contributed by atoms with Gasteiger partial charge in [0.15, 0.2) is 0 Å². The number of phenolic OH excluding ortho intramolecular Hbond substituents is 2. The van der Waals surface area contributed by atoms with Crippen LogP contribution in [-0.2, 0) is 6.54 Å². The van der Waals surface area contributed by atoms with Crippen LogP contribution < -0.4 is 0 Å². The molecule has 0 fully saturated rings. The number of amides is 1. The predicted octanol–water partition coefficient (Wildman–Crippen LogP) is 5.72. The molecule has 3 aromatic rings. The van der Waals surface area contributed by atoms with Gasteiger partial charge in [-0.05, 0) is 41.0 Å². The zero-order chi connectivity index (χ0) is 21.0. The average molecular weight is 432 g/mol. The van der Waals surface area contributed by atoms with Gasteiger partial charge in [0.05, 0.1) is 10.0 Å². The zero-order valence-corrected chi connectivity index (χ0v) is 16.8. The summed E-state index contributed by atoms with van der Waals surface area (Å²) in [5.41, 5.74) is 2.30. The molecule has 1 amide bonds. The number of nitrogens with zero attached hydrogens (tertiary/aromatic N) is 1. The number of benzene rings is 3. The number of hydrogen-bond donors (Lipinski definition) is 3. The highest BCUT2D eigenvalue weighted by molar-refractivity contribution is 6.32. The maximum Gasteiger partial charge on any atom is 0.407 e. The van der Waals surface area contributed by atoms with Crippen molar-refractivity contribution in [1.29, 1.82) is 0 Å². The second-order valence-electron chi connectivity index (χ2n) is 6.62. The van der Waals surface area contributed by atoms with E-state index in [4.69, 9.17) is 23.2 Å². The summed E-state index contributed by atoms with van der Waals surface area (Å²) in [4.78, 5) is 13.2. The molecule has 0 bridgehead atoms. The lowest BCUT2D eigenvalue weighted by molar-refractivity contribution is 0.140. The summed E-state index contributed by atoms with van der Waals surface area (Å²) in [6, 6.07) is 18.8. The molecule has 5 nitrogen and oxygen atoms in total. The van der Waals surface area contributed by atoms with Crippen molar-refractivity contribution in [2.75, 3.05) is 6.54 Å². The van der Waals surface area contributed by atoms with Crippen LogP contribution in [0.15, 0.2) is 66.7 Å². The van der Waals surface area contributed by atoms with Gasteiger partial charge in [-0.2, -0.15) is 0 Å². The summed E-state index contributed by atoms with van der Waals surface area (Å²) in [6.07, 6.45) is -1.06. The van der Waals surface area contributed by atoms with E-state index in [1.54, 1.807) is 24.3 Å². The third-order valence-corrected chi connectivity index (χ3v) is 5.24. The van der Waals surface area contributed by atoms with E-state index < -0.39 is 12.0 Å². The minimum Gasteiger partial charge on any atom is -0.506 e. The summed E-state index contributed by atoms with van der Waals surface area (Å²) < 4.78 is 0. The van der Waals surface area contributed by atoms with Gasteiger partial charge in [-0.25, -0.2) is 4.79 Å². The van der Waals surface area contributed by atoms with E-state index in [1.807, 2.05) is 30.3 Å². The highest BCUT2D eigenvalue weighted by Gasteiger charge is 2.23. The van der Waals surface area contributed by atoms with Gasteiger partial charge >= 0.3 is 6.09 Å². The second-order valence-corrected chi connectivity index (χ2v) is 7.44. The SMILES string of the molecule is O=C(O)N(Cc1ccccc1)CC(c1ccc(O)c(Cl)c1)c1ccc(O)c(Cl)c1. The summed E-state index contributed by atoms with van der Waals surface area (Å²) in [5.74, 6) is -0.527. The van der Waals surface area contributed by atoms with E-state index >= 15 is 0 Å². The van der Waals surface area contributed by atoms with Gasteiger partial charge in [0.2, 0.25) is 0 Å². The first-order valence-electron chi connectivity index (χ1n) is 8.83. The van der Waals surface area contributed by atoms with E-state index in [1.165, 1.54) is 17.0 Å². The molecule has 0 unspecified atom stereocenters. The third kappa shape index (κ3) is 5.13. The molecule has 29 heavy (non-hydrogen) atoms. The molecule has 0 saturated carbocycles. The minimum absolute atomic E-state index is 0.0581. The van der Waals surface area contributed by atoms with Crippen molar-refractivity contribution in [3.05, 3.63) is 93.5 Å². The van der Waals surface area contributed by atoms with Gasteiger partial charge in [0, 0.05) is 19.0 Å². The summed E-state index contributed by atoms with van der Waals surface area (Å²) in [7, 11) is 0. The van der Waals surface area contributed by atoms with Crippen LogP contribution in [0, 0.1) is 0 Å². The fraction of sp³-hybridized carbons (Fsp3) is 0.136. The van der Waals surface area contributed by atoms with E-state index in [-0.39, 0.29) is 34.6 Å². The van der Waals surface area contributed by atoms with E-state index in [0.717, 1.165) is 5.56 Å². The van der Waals surface area contributed by atoms with E-state index in [9.17, 15) is 20.1 Å². The van der Waals surface area contributed by atoms with Crippen LogP contribution in [0.5, 0.6) is 11.5 Å². The molecule has 3 aromatic carbocycles. The largest absolute Gasteiger partial charge is 0.506 e. The molecular weight excluding hydrogens is 413 g/mol. The fourth-order valence-corrected chi connectivity index (χ4v) is 3.50. The number of phenols is 2. The van der Waals surface area contributed by atoms with Gasteiger partial charge in [-0.1, -0.05) is 65.7 Å². The molecule has 3 rings (SSSR count). The van der Waals surface area contributed by atoms with Crippen LogP contribution in [-0.4, -0.2) is 32.9 Å².